The Morgan fingerprint density at radius 1 is 0.964 bits per heavy atom. The number of benzene rings is 1. The monoisotopic (exact) mass is 457 g/mol. The van der Waals surface area contributed by atoms with Gasteiger partial charge in [-0.1, -0.05) is 12.1 Å². The number of halogens is 2. The fraction of sp³-hybridized carbons (Fsp3) is 0.375. The van der Waals surface area contributed by atoms with Gasteiger partial charge in [-0.15, -0.1) is 55.1 Å². The molecule has 1 aliphatic carbocycles. The van der Waals surface area contributed by atoms with Crippen LogP contribution in [0, 0.1) is 24.1 Å². The molecular formula is C24H37Cl2NTi-4. The molecule has 0 unspecified atom stereocenters. The summed E-state index contributed by atoms with van der Waals surface area (Å²) in [5.41, 5.74) is 1.15. The van der Waals surface area contributed by atoms with Gasteiger partial charge in [0, 0.05) is 0 Å². The zero-order chi connectivity index (χ0) is 20.4. The molecule has 28 heavy (non-hydrogen) atoms. The third-order valence-electron chi connectivity index (χ3n) is 1.98. The second kappa shape index (κ2) is 24.4. The minimum atomic E-state index is 0. The van der Waals surface area contributed by atoms with E-state index in [2.05, 4.69) is 105 Å². The van der Waals surface area contributed by atoms with Crippen molar-refractivity contribution in [2.75, 3.05) is 0 Å². The van der Waals surface area contributed by atoms with Crippen molar-refractivity contribution in [1.29, 1.82) is 0 Å². The van der Waals surface area contributed by atoms with Gasteiger partial charge in [0.25, 0.3) is 0 Å². The maximum Gasteiger partial charge on any atom is -0.0745 e. The van der Waals surface area contributed by atoms with Crippen molar-refractivity contribution in [1.82, 2.24) is 4.98 Å². The van der Waals surface area contributed by atoms with Gasteiger partial charge in [0.05, 0.1) is 0 Å². The van der Waals surface area contributed by atoms with Crippen LogP contribution in [0.5, 0.6) is 0 Å². The van der Waals surface area contributed by atoms with Gasteiger partial charge >= 0.3 is 37.6 Å². The second-order valence-corrected chi connectivity index (χ2v) is 8.57. The van der Waals surface area contributed by atoms with Crippen LogP contribution in [0.25, 0.3) is 10.9 Å². The Bertz CT molecular complexity index is 573. The third kappa shape index (κ3) is 33.0. The van der Waals surface area contributed by atoms with Crippen LogP contribution in [0.4, 0.5) is 0 Å². The van der Waals surface area contributed by atoms with Crippen LogP contribution < -0.4 is 0 Å². The van der Waals surface area contributed by atoms with Gasteiger partial charge in [0.2, 0.25) is 0 Å². The molecular weight excluding hydrogens is 421 g/mol. The van der Waals surface area contributed by atoms with Gasteiger partial charge in [-0.2, -0.15) is 59.1 Å². The number of hydrogen-bond acceptors (Lipinski definition) is 0. The molecule has 1 heterocycles. The van der Waals surface area contributed by atoms with Gasteiger partial charge in [-0.3, -0.25) is 6.08 Å². The van der Waals surface area contributed by atoms with Crippen molar-refractivity contribution < 1.29 is 20.0 Å². The molecule has 3 rings (SSSR count). The van der Waals surface area contributed by atoms with Gasteiger partial charge in [0.15, 0.2) is 0 Å². The van der Waals surface area contributed by atoms with Crippen LogP contribution in [-0.2, 0) is 20.0 Å². The average Bonchev–Trinajstić information content (AvgIpc) is 3.20. The first-order chi connectivity index (χ1) is 12.2. The third-order valence-corrected chi connectivity index (χ3v) is 1.98. The Morgan fingerprint density at radius 3 is 1.75 bits per heavy atom. The Kier molecular flexibility index (Phi) is 30.4. The van der Waals surface area contributed by atoms with Gasteiger partial charge in [-0.25, -0.2) is 12.2 Å². The zero-order valence-electron chi connectivity index (χ0n) is 18.6. The smallest absolute Gasteiger partial charge is 0.0745 e. The molecule has 0 saturated heterocycles. The molecule has 0 amide bonds. The molecule has 0 fully saturated rings. The maximum absolute atomic E-state index is 2.99. The molecule has 1 aromatic heterocycles. The van der Waals surface area contributed by atoms with Gasteiger partial charge in [-0.05, 0) is 0 Å². The molecule has 0 atom stereocenters. The first-order valence-electron chi connectivity index (χ1n) is 8.87. The first-order valence-corrected chi connectivity index (χ1v) is 9.65. The second-order valence-electron chi connectivity index (χ2n) is 7.00. The van der Waals surface area contributed by atoms with Crippen molar-refractivity contribution >= 4 is 39.5 Å². The minimum Gasteiger partial charge on any atom is -0.477 e. The summed E-state index contributed by atoms with van der Waals surface area (Å²) in [7, 11) is 0. The summed E-state index contributed by atoms with van der Waals surface area (Å²) >= 11 is 2.08. The summed E-state index contributed by atoms with van der Waals surface area (Å²) in [4.78, 5) is 2.99. The normalized spacial score (nSPS) is 9.89. The van der Waals surface area contributed by atoms with Crippen molar-refractivity contribution in [3.8, 4) is 0 Å². The summed E-state index contributed by atoms with van der Waals surface area (Å²) in [6, 6.07) is 10.1. The fourth-order valence-corrected chi connectivity index (χ4v) is 1.27. The largest absolute Gasteiger partial charge is 0.477 e. The Labute approximate surface area is 198 Å². The summed E-state index contributed by atoms with van der Waals surface area (Å²) in [6.45, 7) is 16.7. The molecule has 1 aromatic carbocycles. The Balaban J connectivity index is -0.000000134. The minimum absolute atomic E-state index is 0. The van der Waals surface area contributed by atoms with Crippen LogP contribution in [0.3, 0.4) is 0 Å². The number of aromatic nitrogens is 1. The van der Waals surface area contributed by atoms with Crippen molar-refractivity contribution in [2.45, 2.75) is 61.8 Å². The first kappa shape index (κ1) is 34.9. The molecule has 0 radical (unpaired) electrons. The molecule has 0 saturated carbocycles. The van der Waals surface area contributed by atoms with E-state index in [0.717, 1.165) is 11.9 Å². The van der Waals surface area contributed by atoms with Crippen LogP contribution in [-0.4, -0.2) is 8.80 Å². The van der Waals surface area contributed by atoms with Crippen LogP contribution >= 0.6 is 24.8 Å². The van der Waals surface area contributed by atoms with E-state index >= 15 is 0 Å². The molecule has 0 bridgehead atoms. The number of para-hydroxylation sites is 1. The standard InChI is InChI=1S/C8H6N.C5H5.2C4H9.C3H6.2ClH.Ti/c1-2-4-8-7(3-1)5-6-9-8;1-2-4-5-3-1;2*1-4(2)3;1-3-2;;;/h1-5,9H;1-3H,4H2;2*1-3H3;1-2H3;2*1H;/q4*-1;;;;. The number of H-pyrrole nitrogens is 1. The van der Waals surface area contributed by atoms with Crippen molar-refractivity contribution in [3.63, 3.8) is 0 Å². The molecule has 0 aliphatic heterocycles. The van der Waals surface area contributed by atoms with Crippen molar-refractivity contribution in [3.05, 3.63) is 72.7 Å². The topological polar surface area (TPSA) is 15.8 Å². The molecule has 2 aromatic rings. The predicted octanol–water partition coefficient (Wildman–Crippen LogP) is 8.10. The van der Waals surface area contributed by atoms with Gasteiger partial charge in [0.1, 0.15) is 0 Å². The quantitative estimate of drug-likeness (QED) is 0.303. The number of aromatic amines is 1. The van der Waals surface area contributed by atoms with Crippen LogP contribution in [0.1, 0.15) is 61.8 Å². The number of rotatable bonds is 0. The van der Waals surface area contributed by atoms with E-state index < -0.39 is 0 Å². The average molecular weight is 458 g/mol. The molecule has 1 N–H and O–H groups in total. The van der Waals surface area contributed by atoms with E-state index in [1.165, 1.54) is 21.0 Å². The van der Waals surface area contributed by atoms with E-state index in [4.69, 9.17) is 0 Å². The van der Waals surface area contributed by atoms with E-state index in [0.29, 0.717) is 0 Å². The molecule has 1 aliphatic rings. The molecule has 160 valence electrons. The van der Waals surface area contributed by atoms with Crippen molar-refractivity contribution in [2.24, 2.45) is 0 Å². The molecule has 0 spiro atoms. The SMILES string of the molecule is C[C-](C)C.C[C-](C)C.C[C](C)=[Ti].Cl.Cl.[C-]1=CC=CC1.[c-]1cc2ccccc2[nH]1. The summed E-state index contributed by atoms with van der Waals surface area (Å²) < 4.78 is 1.42. The van der Waals surface area contributed by atoms with E-state index in [9.17, 15) is 0 Å². The zero-order valence-corrected chi connectivity index (χ0v) is 21.8. The van der Waals surface area contributed by atoms with E-state index in [1.54, 1.807) is 0 Å². The number of fused-ring (bicyclic) bond motifs is 1. The molecule has 4 heteroatoms. The molecule has 1 nitrogen and oxygen atoms in total. The van der Waals surface area contributed by atoms with E-state index in [1.807, 2.05) is 36.4 Å². The predicted molar refractivity (Wildman–Crippen MR) is 130 cm³/mol. The number of allylic oxidation sites excluding steroid dienone is 4. The maximum atomic E-state index is 2.99. The summed E-state index contributed by atoms with van der Waals surface area (Å²) in [5, 5.41) is 1.22. The van der Waals surface area contributed by atoms with Crippen LogP contribution in [0.2, 0.25) is 0 Å². The number of nitrogens with one attached hydrogen (secondary N) is 1. The Morgan fingerprint density at radius 2 is 1.43 bits per heavy atom. The van der Waals surface area contributed by atoms with E-state index in [-0.39, 0.29) is 24.8 Å². The summed E-state index contributed by atoms with van der Waals surface area (Å²) in [6.07, 6.45) is 12.9. The van der Waals surface area contributed by atoms with Gasteiger partial charge < -0.3 is 16.8 Å². The van der Waals surface area contributed by atoms with Crippen LogP contribution in [0.15, 0.2) is 48.6 Å². The Hall–Kier alpha value is -0.596. The number of hydrogen-bond donors (Lipinski definition) is 1. The fourth-order valence-electron chi connectivity index (χ4n) is 1.27. The summed E-state index contributed by atoms with van der Waals surface area (Å²) in [5.74, 6) is 2.83.